The average Bonchev–Trinajstić information content (AvgIpc) is 2.52. The SMILES string of the molecule is CC(O)CC(C)(C)CNC(=O)NCCc1cccc2ccccc12. The zero-order valence-corrected chi connectivity index (χ0v) is 14.8. The number of amides is 2. The molecular weight excluding hydrogens is 300 g/mol. The van der Waals surface area contributed by atoms with E-state index in [1.165, 1.54) is 16.3 Å². The molecule has 1 unspecified atom stereocenters. The first kappa shape index (κ1) is 18.3. The Morgan fingerprint density at radius 1 is 1.12 bits per heavy atom. The Balaban J connectivity index is 1.80. The van der Waals surface area contributed by atoms with Crippen molar-refractivity contribution in [2.45, 2.75) is 39.7 Å². The van der Waals surface area contributed by atoms with Gasteiger partial charge in [0.1, 0.15) is 0 Å². The second kappa shape index (κ2) is 8.15. The number of fused-ring (bicyclic) bond motifs is 1. The molecule has 0 spiro atoms. The minimum absolute atomic E-state index is 0.124. The van der Waals surface area contributed by atoms with Crippen LogP contribution < -0.4 is 10.6 Å². The summed E-state index contributed by atoms with van der Waals surface area (Å²) >= 11 is 0. The topological polar surface area (TPSA) is 61.4 Å². The van der Waals surface area contributed by atoms with Crippen molar-refractivity contribution in [2.24, 2.45) is 5.41 Å². The monoisotopic (exact) mass is 328 g/mol. The van der Waals surface area contributed by atoms with Gasteiger partial charge in [0, 0.05) is 13.1 Å². The molecule has 130 valence electrons. The van der Waals surface area contributed by atoms with E-state index >= 15 is 0 Å². The number of benzene rings is 2. The molecule has 24 heavy (non-hydrogen) atoms. The number of rotatable bonds is 7. The maximum absolute atomic E-state index is 11.9. The minimum atomic E-state index is -0.365. The molecule has 2 aromatic rings. The third-order valence-electron chi connectivity index (χ3n) is 4.14. The number of aliphatic hydroxyl groups excluding tert-OH is 1. The van der Waals surface area contributed by atoms with Crippen LogP contribution in [0.4, 0.5) is 4.79 Å². The lowest BCUT2D eigenvalue weighted by atomic mass is 9.87. The highest BCUT2D eigenvalue weighted by Crippen LogP contribution is 2.21. The molecule has 0 aromatic heterocycles. The molecule has 0 fully saturated rings. The van der Waals surface area contributed by atoms with Crippen LogP contribution in [0.1, 0.15) is 32.8 Å². The molecule has 0 aliphatic carbocycles. The van der Waals surface area contributed by atoms with Crippen LogP contribution in [0.5, 0.6) is 0 Å². The standard InChI is InChI=1S/C20H28N2O2/c1-15(23)13-20(2,3)14-22-19(24)21-12-11-17-9-6-8-16-7-4-5-10-18(16)17/h4-10,15,23H,11-14H2,1-3H3,(H2,21,22,24). The molecule has 0 saturated carbocycles. The van der Waals surface area contributed by atoms with E-state index < -0.39 is 0 Å². The smallest absolute Gasteiger partial charge is 0.314 e. The highest BCUT2D eigenvalue weighted by molar-refractivity contribution is 5.85. The second-order valence-corrected chi connectivity index (χ2v) is 7.22. The van der Waals surface area contributed by atoms with Crippen molar-refractivity contribution in [3.05, 3.63) is 48.0 Å². The predicted molar refractivity (Wildman–Crippen MR) is 99.1 cm³/mol. The predicted octanol–water partition coefficient (Wildman–Crippen LogP) is 3.48. The molecule has 2 amide bonds. The zero-order valence-electron chi connectivity index (χ0n) is 14.8. The third kappa shape index (κ3) is 5.53. The first-order valence-electron chi connectivity index (χ1n) is 8.54. The van der Waals surface area contributed by atoms with Gasteiger partial charge in [-0.3, -0.25) is 0 Å². The van der Waals surface area contributed by atoms with Gasteiger partial charge in [0.2, 0.25) is 0 Å². The molecule has 3 N–H and O–H groups in total. The molecule has 0 radical (unpaired) electrons. The van der Waals surface area contributed by atoms with Gasteiger partial charge in [-0.15, -0.1) is 0 Å². The van der Waals surface area contributed by atoms with E-state index in [2.05, 4.69) is 41.0 Å². The van der Waals surface area contributed by atoms with Crippen molar-refractivity contribution < 1.29 is 9.90 Å². The van der Waals surface area contributed by atoms with Gasteiger partial charge in [-0.25, -0.2) is 4.79 Å². The Morgan fingerprint density at radius 2 is 1.83 bits per heavy atom. The van der Waals surface area contributed by atoms with Gasteiger partial charge < -0.3 is 15.7 Å². The lowest BCUT2D eigenvalue weighted by Gasteiger charge is -2.26. The van der Waals surface area contributed by atoms with Gasteiger partial charge in [0.25, 0.3) is 0 Å². The summed E-state index contributed by atoms with van der Waals surface area (Å²) < 4.78 is 0. The third-order valence-corrected chi connectivity index (χ3v) is 4.14. The summed E-state index contributed by atoms with van der Waals surface area (Å²) in [6.45, 7) is 6.98. The van der Waals surface area contributed by atoms with Crippen LogP contribution in [0, 0.1) is 5.41 Å². The normalized spacial score (nSPS) is 12.8. The molecule has 1 atom stereocenters. The van der Waals surface area contributed by atoms with Gasteiger partial charge in [-0.1, -0.05) is 56.3 Å². The summed E-state index contributed by atoms with van der Waals surface area (Å²) in [5.41, 5.74) is 1.11. The van der Waals surface area contributed by atoms with Gasteiger partial charge in [0.15, 0.2) is 0 Å². The van der Waals surface area contributed by atoms with Crippen molar-refractivity contribution in [1.29, 1.82) is 0 Å². The van der Waals surface area contributed by atoms with Gasteiger partial charge >= 0.3 is 6.03 Å². The number of carbonyl (C=O) groups excluding carboxylic acids is 1. The summed E-state index contributed by atoms with van der Waals surface area (Å²) in [6, 6.07) is 14.4. The van der Waals surface area contributed by atoms with E-state index in [-0.39, 0.29) is 17.6 Å². The fourth-order valence-corrected chi connectivity index (χ4v) is 3.08. The summed E-state index contributed by atoms with van der Waals surface area (Å²) in [6.07, 6.45) is 1.09. The minimum Gasteiger partial charge on any atom is -0.393 e. The van der Waals surface area contributed by atoms with E-state index in [1.807, 2.05) is 26.0 Å². The Labute approximate surface area is 144 Å². The number of nitrogens with one attached hydrogen (secondary N) is 2. The van der Waals surface area contributed by atoms with Crippen LogP contribution in [0.25, 0.3) is 10.8 Å². The van der Waals surface area contributed by atoms with Crippen molar-refractivity contribution in [3.63, 3.8) is 0 Å². The Bertz CT molecular complexity index is 675. The van der Waals surface area contributed by atoms with Gasteiger partial charge in [-0.2, -0.15) is 0 Å². The van der Waals surface area contributed by atoms with Crippen molar-refractivity contribution >= 4 is 16.8 Å². The fourth-order valence-electron chi connectivity index (χ4n) is 3.08. The Morgan fingerprint density at radius 3 is 2.58 bits per heavy atom. The van der Waals surface area contributed by atoms with E-state index in [0.717, 1.165) is 6.42 Å². The summed E-state index contributed by atoms with van der Waals surface area (Å²) in [4.78, 5) is 11.9. The molecule has 0 bridgehead atoms. The largest absolute Gasteiger partial charge is 0.393 e. The van der Waals surface area contributed by atoms with Crippen molar-refractivity contribution in [1.82, 2.24) is 10.6 Å². The molecule has 4 heteroatoms. The first-order valence-corrected chi connectivity index (χ1v) is 8.54. The molecule has 2 rings (SSSR count). The molecule has 2 aromatic carbocycles. The molecule has 0 saturated heterocycles. The highest BCUT2D eigenvalue weighted by atomic mass is 16.3. The maximum atomic E-state index is 11.9. The molecule has 0 aliphatic rings. The van der Waals surface area contributed by atoms with E-state index in [9.17, 15) is 9.90 Å². The summed E-state index contributed by atoms with van der Waals surface area (Å²) in [5.74, 6) is 0. The van der Waals surface area contributed by atoms with Crippen LogP contribution in [-0.2, 0) is 6.42 Å². The fraction of sp³-hybridized carbons (Fsp3) is 0.450. The van der Waals surface area contributed by atoms with Crippen molar-refractivity contribution in [3.8, 4) is 0 Å². The second-order valence-electron chi connectivity index (χ2n) is 7.22. The number of hydrogen-bond donors (Lipinski definition) is 3. The van der Waals surface area contributed by atoms with E-state index in [0.29, 0.717) is 19.5 Å². The molecule has 0 heterocycles. The van der Waals surface area contributed by atoms with Crippen LogP contribution in [-0.4, -0.2) is 30.3 Å². The summed E-state index contributed by atoms with van der Waals surface area (Å²) in [7, 11) is 0. The van der Waals surface area contributed by atoms with Crippen LogP contribution >= 0.6 is 0 Å². The van der Waals surface area contributed by atoms with E-state index in [4.69, 9.17) is 0 Å². The quantitative estimate of drug-likeness (QED) is 0.729. The van der Waals surface area contributed by atoms with Crippen LogP contribution in [0.2, 0.25) is 0 Å². The molecule has 0 aliphatic heterocycles. The van der Waals surface area contributed by atoms with E-state index in [1.54, 1.807) is 6.92 Å². The number of hydrogen-bond acceptors (Lipinski definition) is 2. The van der Waals surface area contributed by atoms with Crippen LogP contribution in [0.3, 0.4) is 0 Å². The summed E-state index contributed by atoms with van der Waals surface area (Å²) in [5, 5.41) is 17.7. The zero-order chi connectivity index (χ0) is 17.6. The van der Waals surface area contributed by atoms with Gasteiger partial charge in [0.05, 0.1) is 6.10 Å². The number of aliphatic hydroxyl groups is 1. The highest BCUT2D eigenvalue weighted by Gasteiger charge is 2.20. The maximum Gasteiger partial charge on any atom is 0.314 e. The Hall–Kier alpha value is -2.07. The average molecular weight is 328 g/mol. The molecular formula is C20H28N2O2. The number of urea groups is 1. The lowest BCUT2D eigenvalue weighted by Crippen LogP contribution is -2.42. The molecule has 4 nitrogen and oxygen atoms in total. The van der Waals surface area contributed by atoms with Crippen LogP contribution in [0.15, 0.2) is 42.5 Å². The first-order chi connectivity index (χ1) is 11.4. The van der Waals surface area contributed by atoms with Crippen molar-refractivity contribution in [2.75, 3.05) is 13.1 Å². The number of carbonyl (C=O) groups is 1. The lowest BCUT2D eigenvalue weighted by molar-refractivity contribution is 0.129. The van der Waals surface area contributed by atoms with Gasteiger partial charge in [-0.05, 0) is 41.5 Å². The Kier molecular flexibility index (Phi) is 6.21.